The van der Waals surface area contributed by atoms with Crippen LogP contribution >= 0.6 is 0 Å². The summed E-state index contributed by atoms with van der Waals surface area (Å²) in [6, 6.07) is 7.22. The number of fused-ring (bicyclic) bond motifs is 1. The van der Waals surface area contributed by atoms with Gasteiger partial charge in [0.05, 0.1) is 11.6 Å². The number of para-hydroxylation sites is 2. The highest BCUT2D eigenvalue weighted by Gasteiger charge is 2.22. The van der Waals surface area contributed by atoms with E-state index in [1.807, 2.05) is 23.1 Å². The zero-order valence-electron chi connectivity index (χ0n) is 13.9. The lowest BCUT2D eigenvalue weighted by atomic mass is 10.2. The molecule has 0 saturated carbocycles. The van der Waals surface area contributed by atoms with Crippen molar-refractivity contribution in [3.05, 3.63) is 34.8 Å². The number of β-amino-alcohol motifs (C(OH)–C–C–N with tert-alkyl or cyclic N) is 1. The van der Waals surface area contributed by atoms with Crippen molar-refractivity contribution >= 4 is 17.0 Å². The average Bonchev–Trinajstić information content (AvgIpc) is 2.88. The third kappa shape index (κ3) is 3.68. The van der Waals surface area contributed by atoms with Crippen LogP contribution < -0.4 is 5.76 Å². The van der Waals surface area contributed by atoms with Crippen molar-refractivity contribution in [3.8, 4) is 0 Å². The van der Waals surface area contributed by atoms with E-state index in [0.29, 0.717) is 31.8 Å². The van der Waals surface area contributed by atoms with Gasteiger partial charge in [-0.2, -0.15) is 0 Å². The summed E-state index contributed by atoms with van der Waals surface area (Å²) < 4.78 is 6.69. The first-order chi connectivity index (χ1) is 11.5. The van der Waals surface area contributed by atoms with E-state index >= 15 is 0 Å². The first kappa shape index (κ1) is 16.7. The number of amides is 1. The molecule has 1 aromatic carbocycles. The van der Waals surface area contributed by atoms with E-state index in [0.717, 1.165) is 18.6 Å². The molecule has 130 valence electrons. The summed E-state index contributed by atoms with van der Waals surface area (Å²) in [5.41, 5.74) is 1.26. The monoisotopic (exact) mass is 333 g/mol. The fourth-order valence-corrected chi connectivity index (χ4v) is 3.14. The lowest BCUT2D eigenvalue weighted by molar-refractivity contribution is -0.133. The number of aliphatic hydroxyl groups is 1. The van der Waals surface area contributed by atoms with E-state index in [2.05, 4.69) is 4.90 Å². The first-order valence-corrected chi connectivity index (χ1v) is 8.31. The molecule has 0 aliphatic carbocycles. The predicted octanol–water partition coefficient (Wildman–Crippen LogP) is 0.510. The second kappa shape index (κ2) is 7.19. The molecule has 7 heteroatoms. The molecular formula is C17H23N3O4. The Bertz CT molecular complexity index is 757. The fourth-order valence-electron chi connectivity index (χ4n) is 3.14. The van der Waals surface area contributed by atoms with Crippen molar-refractivity contribution in [3.63, 3.8) is 0 Å². The molecule has 1 fully saturated rings. The molecule has 7 nitrogen and oxygen atoms in total. The highest BCUT2D eigenvalue weighted by atomic mass is 16.4. The largest absolute Gasteiger partial charge is 0.419 e. The van der Waals surface area contributed by atoms with Crippen molar-refractivity contribution in [2.45, 2.75) is 26.0 Å². The Kier molecular flexibility index (Phi) is 5.01. The summed E-state index contributed by atoms with van der Waals surface area (Å²) in [6.45, 7) is 5.58. The number of hydrogen-bond donors (Lipinski definition) is 1. The van der Waals surface area contributed by atoms with Gasteiger partial charge < -0.3 is 14.4 Å². The second-order valence-corrected chi connectivity index (χ2v) is 6.27. The van der Waals surface area contributed by atoms with Gasteiger partial charge in [0, 0.05) is 45.7 Å². The van der Waals surface area contributed by atoms with Crippen LogP contribution in [0, 0.1) is 0 Å². The van der Waals surface area contributed by atoms with Crippen LogP contribution in [0.4, 0.5) is 0 Å². The number of hydrogen-bond acceptors (Lipinski definition) is 5. The Labute approximate surface area is 140 Å². The van der Waals surface area contributed by atoms with Crippen LogP contribution in [0.25, 0.3) is 11.1 Å². The van der Waals surface area contributed by atoms with E-state index in [-0.39, 0.29) is 18.4 Å². The molecule has 0 radical (unpaired) electrons. The molecule has 1 aliphatic heterocycles. The van der Waals surface area contributed by atoms with E-state index < -0.39 is 5.76 Å². The summed E-state index contributed by atoms with van der Waals surface area (Å²) in [5.74, 6) is -0.380. The van der Waals surface area contributed by atoms with Crippen molar-refractivity contribution in [1.82, 2.24) is 14.4 Å². The van der Waals surface area contributed by atoms with Gasteiger partial charge in [0.1, 0.15) is 0 Å². The van der Waals surface area contributed by atoms with Gasteiger partial charge in [0.2, 0.25) is 5.91 Å². The maximum absolute atomic E-state index is 12.4. The Morgan fingerprint density at radius 1 is 1.25 bits per heavy atom. The molecule has 1 atom stereocenters. The number of benzene rings is 1. The first-order valence-electron chi connectivity index (χ1n) is 8.31. The van der Waals surface area contributed by atoms with Gasteiger partial charge in [0.25, 0.3) is 0 Å². The second-order valence-electron chi connectivity index (χ2n) is 6.27. The van der Waals surface area contributed by atoms with E-state index in [9.17, 15) is 14.7 Å². The van der Waals surface area contributed by atoms with Gasteiger partial charge in [-0.05, 0) is 19.1 Å². The number of rotatable bonds is 5. The van der Waals surface area contributed by atoms with Crippen molar-refractivity contribution < 1.29 is 14.3 Å². The molecule has 1 aromatic heterocycles. The Balaban J connectivity index is 1.56. The van der Waals surface area contributed by atoms with Crippen LogP contribution in [0.15, 0.2) is 33.5 Å². The van der Waals surface area contributed by atoms with Gasteiger partial charge >= 0.3 is 5.76 Å². The molecule has 2 heterocycles. The average molecular weight is 333 g/mol. The van der Waals surface area contributed by atoms with Crippen LogP contribution in [0.3, 0.4) is 0 Å². The van der Waals surface area contributed by atoms with Gasteiger partial charge in [0.15, 0.2) is 5.58 Å². The molecule has 3 rings (SSSR count). The highest BCUT2D eigenvalue weighted by Crippen LogP contribution is 2.13. The number of piperazine rings is 1. The van der Waals surface area contributed by atoms with Crippen LogP contribution in [-0.4, -0.2) is 64.2 Å². The third-order valence-corrected chi connectivity index (χ3v) is 4.37. The maximum atomic E-state index is 12.4. The number of carbonyl (C=O) groups is 1. The minimum Gasteiger partial charge on any atom is -0.408 e. The third-order valence-electron chi connectivity index (χ3n) is 4.37. The van der Waals surface area contributed by atoms with Gasteiger partial charge in [-0.15, -0.1) is 0 Å². The molecular weight excluding hydrogens is 310 g/mol. The SMILES string of the molecule is C[C@H](O)CN1CCN(C(=O)CCn2c(=O)oc3ccccc32)CC1. The number of aryl methyl sites for hydroxylation is 1. The molecule has 1 saturated heterocycles. The highest BCUT2D eigenvalue weighted by molar-refractivity contribution is 5.77. The zero-order chi connectivity index (χ0) is 17.1. The van der Waals surface area contributed by atoms with Crippen LogP contribution in [-0.2, 0) is 11.3 Å². The van der Waals surface area contributed by atoms with Gasteiger partial charge in [-0.1, -0.05) is 12.1 Å². The fraction of sp³-hybridized carbons (Fsp3) is 0.529. The molecule has 24 heavy (non-hydrogen) atoms. The molecule has 0 unspecified atom stereocenters. The number of carbonyl (C=O) groups excluding carboxylic acids is 1. The number of oxazole rings is 1. The minimum absolute atomic E-state index is 0.0453. The summed E-state index contributed by atoms with van der Waals surface area (Å²) >= 11 is 0. The van der Waals surface area contributed by atoms with E-state index in [1.165, 1.54) is 4.57 Å². The van der Waals surface area contributed by atoms with Crippen LogP contribution in [0.5, 0.6) is 0 Å². The summed E-state index contributed by atoms with van der Waals surface area (Å²) in [7, 11) is 0. The van der Waals surface area contributed by atoms with Crippen molar-refractivity contribution in [1.29, 1.82) is 0 Å². The smallest absolute Gasteiger partial charge is 0.408 e. The molecule has 1 amide bonds. The standard InChI is InChI=1S/C17H23N3O4/c1-13(21)12-18-8-10-19(11-9-18)16(22)6-7-20-14-4-2-3-5-15(14)24-17(20)23/h2-5,13,21H,6-12H2,1H3/t13-/m0/s1. The molecule has 1 N–H and O–H groups in total. The maximum Gasteiger partial charge on any atom is 0.419 e. The Morgan fingerprint density at radius 2 is 1.96 bits per heavy atom. The number of aromatic nitrogens is 1. The number of nitrogens with zero attached hydrogens (tertiary/aromatic N) is 3. The zero-order valence-corrected chi connectivity index (χ0v) is 13.9. The normalized spacial score (nSPS) is 17.3. The Hall–Kier alpha value is -2.12. The molecule has 1 aliphatic rings. The lowest BCUT2D eigenvalue weighted by Gasteiger charge is -2.35. The molecule has 0 spiro atoms. The summed E-state index contributed by atoms with van der Waals surface area (Å²) in [5, 5.41) is 9.42. The Morgan fingerprint density at radius 3 is 2.67 bits per heavy atom. The topological polar surface area (TPSA) is 78.9 Å². The molecule has 0 bridgehead atoms. The predicted molar refractivity (Wildman–Crippen MR) is 89.8 cm³/mol. The summed E-state index contributed by atoms with van der Waals surface area (Å²) in [6.07, 6.45) is -0.0756. The van der Waals surface area contributed by atoms with Gasteiger partial charge in [-0.25, -0.2) is 4.79 Å². The summed E-state index contributed by atoms with van der Waals surface area (Å²) in [4.78, 5) is 28.3. The van der Waals surface area contributed by atoms with Crippen molar-refractivity contribution in [2.75, 3.05) is 32.7 Å². The lowest BCUT2D eigenvalue weighted by Crippen LogP contribution is -2.50. The minimum atomic E-state index is -0.425. The number of aliphatic hydroxyl groups excluding tert-OH is 1. The molecule has 2 aromatic rings. The van der Waals surface area contributed by atoms with Crippen LogP contribution in [0.1, 0.15) is 13.3 Å². The van der Waals surface area contributed by atoms with Crippen molar-refractivity contribution in [2.24, 2.45) is 0 Å². The van der Waals surface area contributed by atoms with E-state index in [4.69, 9.17) is 4.42 Å². The quantitative estimate of drug-likeness (QED) is 0.862. The van der Waals surface area contributed by atoms with E-state index in [1.54, 1.807) is 13.0 Å². The van der Waals surface area contributed by atoms with Gasteiger partial charge in [-0.3, -0.25) is 14.3 Å². The van der Waals surface area contributed by atoms with Crippen LogP contribution in [0.2, 0.25) is 0 Å².